The molecule has 30 heavy (non-hydrogen) atoms. The quantitative estimate of drug-likeness (QED) is 0.320. The Bertz CT molecular complexity index is 1170. The second kappa shape index (κ2) is 9.18. The van der Waals surface area contributed by atoms with Crippen molar-refractivity contribution in [2.75, 3.05) is 12.4 Å². The summed E-state index contributed by atoms with van der Waals surface area (Å²) >= 11 is 3.57. The monoisotopic (exact) mass is 465 g/mol. The van der Waals surface area contributed by atoms with Crippen molar-refractivity contribution in [2.24, 2.45) is 0 Å². The number of hydrogen-bond donors (Lipinski definition) is 1. The summed E-state index contributed by atoms with van der Waals surface area (Å²) in [6.45, 7) is 0.742. The van der Waals surface area contributed by atoms with Gasteiger partial charge in [-0.3, -0.25) is 0 Å². The van der Waals surface area contributed by atoms with Gasteiger partial charge >= 0.3 is 0 Å². The Morgan fingerprint density at radius 1 is 0.933 bits per heavy atom. The van der Waals surface area contributed by atoms with Crippen LogP contribution in [0.4, 0.5) is 10.1 Å². The van der Waals surface area contributed by atoms with Gasteiger partial charge in [0.15, 0.2) is 11.5 Å². The van der Waals surface area contributed by atoms with E-state index in [1.807, 2.05) is 30.3 Å². The van der Waals surface area contributed by atoms with E-state index in [9.17, 15) is 4.39 Å². The third-order valence-electron chi connectivity index (χ3n) is 4.89. The molecule has 0 fully saturated rings. The lowest BCUT2D eigenvalue weighted by Crippen LogP contribution is -2.04. The summed E-state index contributed by atoms with van der Waals surface area (Å²) in [6.07, 6.45) is 0. The lowest BCUT2D eigenvalue weighted by atomic mass is 10.1. The Hall–Kier alpha value is -3.05. The van der Waals surface area contributed by atoms with Crippen LogP contribution in [-0.2, 0) is 13.2 Å². The summed E-state index contributed by atoms with van der Waals surface area (Å²) in [7, 11) is 1.60. The predicted molar refractivity (Wildman–Crippen MR) is 123 cm³/mol. The standard InChI is InChI=1S/C25H21BrFNO2/c1-29-24-14-17(15-28-23-12-6-9-18-7-2-4-10-20(18)23)13-21(26)25(24)30-16-19-8-3-5-11-22(19)27/h2-14,28H,15-16H2,1H3. The largest absolute Gasteiger partial charge is 0.493 e. The van der Waals surface area contributed by atoms with E-state index >= 15 is 0 Å². The van der Waals surface area contributed by atoms with E-state index in [1.54, 1.807) is 25.3 Å². The molecule has 0 saturated heterocycles. The van der Waals surface area contributed by atoms with E-state index in [0.717, 1.165) is 15.7 Å². The molecular weight excluding hydrogens is 445 g/mol. The van der Waals surface area contributed by atoms with Crippen molar-refractivity contribution in [3.8, 4) is 11.5 Å². The highest BCUT2D eigenvalue weighted by atomic mass is 79.9. The van der Waals surface area contributed by atoms with Crippen molar-refractivity contribution in [2.45, 2.75) is 13.2 Å². The zero-order valence-corrected chi connectivity index (χ0v) is 18.1. The molecule has 3 nitrogen and oxygen atoms in total. The Kier molecular flexibility index (Phi) is 6.19. The second-order valence-corrected chi connectivity index (χ2v) is 7.72. The van der Waals surface area contributed by atoms with E-state index in [4.69, 9.17) is 9.47 Å². The van der Waals surface area contributed by atoms with Crippen LogP contribution in [0.3, 0.4) is 0 Å². The molecule has 0 heterocycles. The van der Waals surface area contributed by atoms with Crippen LogP contribution in [0.25, 0.3) is 10.8 Å². The van der Waals surface area contributed by atoms with E-state index in [2.05, 4.69) is 45.5 Å². The zero-order valence-electron chi connectivity index (χ0n) is 16.5. The summed E-state index contributed by atoms with van der Waals surface area (Å²) in [5, 5.41) is 5.87. The summed E-state index contributed by atoms with van der Waals surface area (Å²) < 4.78 is 26.0. The molecule has 152 valence electrons. The Morgan fingerprint density at radius 2 is 1.70 bits per heavy atom. The van der Waals surface area contributed by atoms with Crippen molar-refractivity contribution < 1.29 is 13.9 Å². The number of methoxy groups -OCH3 is 1. The highest BCUT2D eigenvalue weighted by Gasteiger charge is 2.13. The van der Waals surface area contributed by atoms with Gasteiger partial charge in [0.2, 0.25) is 0 Å². The SMILES string of the molecule is COc1cc(CNc2cccc3ccccc23)cc(Br)c1OCc1ccccc1F. The van der Waals surface area contributed by atoms with Crippen molar-refractivity contribution in [3.63, 3.8) is 0 Å². The number of fused-ring (bicyclic) bond motifs is 1. The molecule has 0 saturated carbocycles. The first-order valence-electron chi connectivity index (χ1n) is 9.60. The van der Waals surface area contributed by atoms with E-state index in [1.165, 1.54) is 16.8 Å². The van der Waals surface area contributed by atoms with Crippen LogP contribution in [0, 0.1) is 5.82 Å². The molecule has 4 aromatic rings. The van der Waals surface area contributed by atoms with Crippen LogP contribution in [0.1, 0.15) is 11.1 Å². The molecule has 4 rings (SSSR count). The van der Waals surface area contributed by atoms with Gasteiger partial charge in [-0.25, -0.2) is 4.39 Å². The van der Waals surface area contributed by atoms with Crippen LogP contribution >= 0.6 is 15.9 Å². The van der Waals surface area contributed by atoms with Gasteiger partial charge in [0, 0.05) is 23.2 Å². The Balaban J connectivity index is 1.52. The normalized spacial score (nSPS) is 10.8. The third kappa shape index (κ3) is 4.41. The number of nitrogens with one attached hydrogen (secondary N) is 1. The lowest BCUT2D eigenvalue weighted by Gasteiger charge is -2.16. The fourth-order valence-corrected chi connectivity index (χ4v) is 3.96. The summed E-state index contributed by atoms with van der Waals surface area (Å²) in [4.78, 5) is 0. The van der Waals surface area contributed by atoms with Gasteiger partial charge in [0.1, 0.15) is 12.4 Å². The highest BCUT2D eigenvalue weighted by Crippen LogP contribution is 2.37. The highest BCUT2D eigenvalue weighted by molar-refractivity contribution is 9.10. The van der Waals surface area contributed by atoms with Gasteiger partial charge in [-0.2, -0.15) is 0 Å². The fourth-order valence-electron chi connectivity index (χ4n) is 3.36. The lowest BCUT2D eigenvalue weighted by molar-refractivity contribution is 0.277. The number of anilines is 1. The molecule has 0 spiro atoms. The molecule has 0 aliphatic carbocycles. The predicted octanol–water partition coefficient (Wildman–Crippen LogP) is 6.94. The second-order valence-electron chi connectivity index (χ2n) is 6.87. The minimum absolute atomic E-state index is 0.120. The fraction of sp³-hybridized carbons (Fsp3) is 0.120. The molecule has 0 bridgehead atoms. The van der Waals surface area contributed by atoms with Crippen LogP contribution < -0.4 is 14.8 Å². The molecule has 0 unspecified atom stereocenters. The van der Waals surface area contributed by atoms with Gasteiger partial charge < -0.3 is 14.8 Å². The van der Waals surface area contributed by atoms with Gasteiger partial charge in [0.05, 0.1) is 11.6 Å². The Morgan fingerprint density at radius 3 is 2.53 bits per heavy atom. The maximum Gasteiger partial charge on any atom is 0.175 e. The van der Waals surface area contributed by atoms with Crippen molar-refractivity contribution in [1.29, 1.82) is 0 Å². The van der Waals surface area contributed by atoms with Crippen LogP contribution in [0.5, 0.6) is 11.5 Å². The van der Waals surface area contributed by atoms with Crippen molar-refractivity contribution in [1.82, 2.24) is 0 Å². The van der Waals surface area contributed by atoms with Crippen molar-refractivity contribution in [3.05, 3.63) is 100 Å². The maximum atomic E-state index is 13.9. The summed E-state index contributed by atoms with van der Waals surface area (Å²) in [5.74, 6) is 0.855. The Labute approximate surface area is 183 Å². The van der Waals surface area contributed by atoms with Gasteiger partial charge in [-0.05, 0) is 51.1 Å². The summed E-state index contributed by atoms with van der Waals surface area (Å²) in [6, 6.07) is 25.0. The average Bonchev–Trinajstić information content (AvgIpc) is 2.77. The molecule has 1 N–H and O–H groups in total. The first kappa shape index (κ1) is 20.2. The minimum atomic E-state index is -0.288. The maximum absolute atomic E-state index is 13.9. The van der Waals surface area contributed by atoms with Gasteiger partial charge in [-0.15, -0.1) is 0 Å². The van der Waals surface area contributed by atoms with Crippen LogP contribution in [0.15, 0.2) is 83.3 Å². The number of rotatable bonds is 7. The van der Waals surface area contributed by atoms with Crippen LogP contribution in [0.2, 0.25) is 0 Å². The summed E-state index contributed by atoms with van der Waals surface area (Å²) in [5.41, 5.74) is 2.60. The molecular formula is C25H21BrFNO2. The average molecular weight is 466 g/mol. The zero-order chi connectivity index (χ0) is 20.9. The van der Waals surface area contributed by atoms with E-state index < -0.39 is 0 Å². The molecule has 5 heteroatoms. The number of hydrogen-bond acceptors (Lipinski definition) is 3. The molecule has 4 aromatic carbocycles. The van der Waals surface area contributed by atoms with Gasteiger partial charge in [-0.1, -0.05) is 54.6 Å². The smallest absolute Gasteiger partial charge is 0.175 e. The molecule has 0 atom stereocenters. The minimum Gasteiger partial charge on any atom is -0.493 e. The van der Waals surface area contributed by atoms with E-state index in [0.29, 0.717) is 23.6 Å². The first-order valence-corrected chi connectivity index (χ1v) is 10.4. The first-order chi connectivity index (χ1) is 14.7. The number of halogens is 2. The van der Waals surface area contributed by atoms with Crippen molar-refractivity contribution >= 4 is 32.4 Å². The number of ether oxygens (including phenoxy) is 2. The molecule has 0 aromatic heterocycles. The van der Waals surface area contributed by atoms with E-state index in [-0.39, 0.29) is 12.4 Å². The molecule has 0 amide bonds. The molecule has 0 radical (unpaired) electrons. The van der Waals surface area contributed by atoms with Gasteiger partial charge in [0.25, 0.3) is 0 Å². The number of benzene rings is 4. The molecule has 0 aliphatic heterocycles. The van der Waals surface area contributed by atoms with Crippen LogP contribution in [-0.4, -0.2) is 7.11 Å². The third-order valence-corrected chi connectivity index (χ3v) is 5.48. The molecule has 0 aliphatic rings. The topological polar surface area (TPSA) is 30.5 Å².